The van der Waals surface area contributed by atoms with Crippen molar-refractivity contribution in [2.75, 3.05) is 24.5 Å². The van der Waals surface area contributed by atoms with E-state index in [9.17, 15) is 9.50 Å². The molecular formula is C22H29ClFIN4O. The Bertz CT molecular complexity index is 826. The number of anilines is 1. The zero-order valence-corrected chi connectivity index (χ0v) is 20.2. The fourth-order valence-corrected chi connectivity index (χ4v) is 3.44. The molecule has 1 saturated heterocycles. The Kier molecular flexibility index (Phi) is 10.1. The Labute approximate surface area is 199 Å². The number of benzene rings is 2. The van der Waals surface area contributed by atoms with Gasteiger partial charge in [0.1, 0.15) is 5.82 Å². The van der Waals surface area contributed by atoms with Crippen LogP contribution in [0.15, 0.2) is 47.5 Å². The zero-order chi connectivity index (χ0) is 20.6. The molecular weight excluding hydrogens is 518 g/mol. The number of hydrogen-bond acceptors (Lipinski definition) is 3. The summed E-state index contributed by atoms with van der Waals surface area (Å²) in [6.07, 6.45) is 1.08. The van der Waals surface area contributed by atoms with E-state index < -0.39 is 0 Å². The van der Waals surface area contributed by atoms with Gasteiger partial charge in [-0.25, -0.2) is 9.38 Å². The number of nitrogens with zero attached hydrogens (tertiary/aromatic N) is 2. The smallest absolute Gasteiger partial charge is 0.191 e. The SMILES string of the molecule is CCNC(=NCc1ccc(N2CCC(O)CC2)c(F)c1)NCc1ccc(Cl)cc1.I. The lowest BCUT2D eigenvalue weighted by atomic mass is 10.1. The summed E-state index contributed by atoms with van der Waals surface area (Å²) < 4.78 is 14.6. The summed E-state index contributed by atoms with van der Waals surface area (Å²) in [5.74, 6) is 0.435. The van der Waals surface area contributed by atoms with E-state index in [1.165, 1.54) is 0 Å². The molecule has 0 spiro atoms. The van der Waals surface area contributed by atoms with Crippen molar-refractivity contribution in [2.45, 2.75) is 39.0 Å². The first-order valence-corrected chi connectivity index (χ1v) is 10.4. The second-order valence-corrected chi connectivity index (χ2v) is 7.62. The maximum atomic E-state index is 14.6. The number of hydrogen-bond donors (Lipinski definition) is 3. The Morgan fingerprint density at radius 2 is 1.80 bits per heavy atom. The minimum atomic E-state index is -0.271. The maximum Gasteiger partial charge on any atom is 0.191 e. The number of aliphatic hydroxyl groups excluding tert-OH is 1. The number of aliphatic hydroxyl groups is 1. The topological polar surface area (TPSA) is 59.9 Å². The maximum absolute atomic E-state index is 14.6. The Balaban J connectivity index is 0.00000320. The number of guanidine groups is 1. The Hall–Kier alpha value is -1.58. The van der Waals surface area contributed by atoms with E-state index in [1.54, 1.807) is 6.07 Å². The van der Waals surface area contributed by atoms with Crippen LogP contribution < -0.4 is 15.5 Å². The minimum absolute atomic E-state index is 0. The van der Waals surface area contributed by atoms with E-state index in [2.05, 4.69) is 15.6 Å². The van der Waals surface area contributed by atoms with Gasteiger partial charge in [0.25, 0.3) is 0 Å². The molecule has 1 heterocycles. The van der Waals surface area contributed by atoms with Crippen LogP contribution in [0.2, 0.25) is 5.02 Å². The van der Waals surface area contributed by atoms with Crippen LogP contribution in [0.1, 0.15) is 30.9 Å². The fourth-order valence-electron chi connectivity index (χ4n) is 3.31. The highest BCUT2D eigenvalue weighted by Crippen LogP contribution is 2.24. The Morgan fingerprint density at radius 3 is 2.43 bits per heavy atom. The van der Waals surface area contributed by atoms with Gasteiger partial charge in [-0.1, -0.05) is 29.8 Å². The molecule has 2 aromatic carbocycles. The number of halogens is 3. The van der Waals surface area contributed by atoms with E-state index in [0.717, 1.165) is 17.7 Å². The molecule has 164 valence electrons. The molecule has 8 heteroatoms. The standard InChI is InChI=1S/C22H28ClFN4O.HI/c1-2-25-22(26-14-16-3-6-18(23)7-4-16)27-15-17-5-8-21(20(24)13-17)28-11-9-19(29)10-12-28;/h3-8,13,19,29H,2,9-12,14-15H2,1H3,(H2,25,26,27);1H. The van der Waals surface area contributed by atoms with Crippen LogP contribution in [0.3, 0.4) is 0 Å². The van der Waals surface area contributed by atoms with Gasteiger partial charge in [0, 0.05) is 31.2 Å². The van der Waals surface area contributed by atoms with Gasteiger partial charge < -0.3 is 20.6 Å². The molecule has 1 aliphatic heterocycles. The third-order valence-electron chi connectivity index (χ3n) is 4.95. The van der Waals surface area contributed by atoms with E-state index in [1.807, 2.05) is 48.2 Å². The van der Waals surface area contributed by atoms with Crippen LogP contribution in [0.25, 0.3) is 0 Å². The van der Waals surface area contributed by atoms with Crippen LogP contribution in [-0.2, 0) is 13.1 Å². The Morgan fingerprint density at radius 1 is 1.13 bits per heavy atom. The van der Waals surface area contributed by atoms with Crippen LogP contribution in [-0.4, -0.2) is 36.8 Å². The first-order valence-electron chi connectivity index (χ1n) is 10.0. The summed E-state index contributed by atoms with van der Waals surface area (Å²) in [7, 11) is 0. The van der Waals surface area contributed by atoms with Gasteiger partial charge in [0.2, 0.25) is 0 Å². The average Bonchev–Trinajstić information content (AvgIpc) is 2.72. The molecule has 0 radical (unpaired) electrons. The van der Waals surface area contributed by atoms with Crippen LogP contribution in [0.5, 0.6) is 0 Å². The van der Waals surface area contributed by atoms with Gasteiger partial charge in [-0.15, -0.1) is 24.0 Å². The second-order valence-electron chi connectivity index (χ2n) is 7.18. The molecule has 3 rings (SSSR count). The van der Waals surface area contributed by atoms with E-state index in [0.29, 0.717) is 55.7 Å². The third-order valence-corrected chi connectivity index (χ3v) is 5.21. The van der Waals surface area contributed by atoms with Crippen LogP contribution in [0, 0.1) is 5.82 Å². The number of rotatable bonds is 6. The lowest BCUT2D eigenvalue weighted by molar-refractivity contribution is 0.145. The molecule has 0 saturated carbocycles. The highest BCUT2D eigenvalue weighted by atomic mass is 127. The van der Waals surface area contributed by atoms with Gasteiger partial charge in [-0.05, 0) is 55.2 Å². The molecule has 0 aliphatic carbocycles. The number of nitrogens with one attached hydrogen (secondary N) is 2. The molecule has 1 aliphatic rings. The molecule has 0 amide bonds. The van der Waals surface area contributed by atoms with Gasteiger partial charge in [0.15, 0.2) is 5.96 Å². The van der Waals surface area contributed by atoms with Gasteiger partial charge in [-0.3, -0.25) is 0 Å². The summed E-state index contributed by atoms with van der Waals surface area (Å²) in [5.41, 5.74) is 2.51. The highest BCUT2D eigenvalue weighted by Gasteiger charge is 2.19. The molecule has 30 heavy (non-hydrogen) atoms. The van der Waals surface area contributed by atoms with E-state index in [-0.39, 0.29) is 35.9 Å². The highest BCUT2D eigenvalue weighted by molar-refractivity contribution is 14.0. The van der Waals surface area contributed by atoms with Crippen molar-refractivity contribution in [2.24, 2.45) is 4.99 Å². The molecule has 5 nitrogen and oxygen atoms in total. The first kappa shape index (κ1) is 24.7. The summed E-state index contributed by atoms with van der Waals surface area (Å²) >= 11 is 5.92. The quantitative estimate of drug-likeness (QED) is 0.287. The molecule has 0 bridgehead atoms. The van der Waals surface area contributed by atoms with Crippen molar-refractivity contribution in [3.63, 3.8) is 0 Å². The van der Waals surface area contributed by atoms with Crippen LogP contribution >= 0.6 is 35.6 Å². The predicted octanol–water partition coefficient (Wildman–Crippen LogP) is 4.31. The van der Waals surface area contributed by atoms with Gasteiger partial charge in [0.05, 0.1) is 18.3 Å². The molecule has 0 aromatic heterocycles. The van der Waals surface area contributed by atoms with Gasteiger partial charge in [-0.2, -0.15) is 0 Å². The summed E-state index contributed by atoms with van der Waals surface area (Å²) in [6.45, 7) is 5.09. The van der Waals surface area contributed by atoms with Crippen molar-refractivity contribution in [3.05, 3.63) is 64.4 Å². The van der Waals surface area contributed by atoms with Crippen molar-refractivity contribution >= 4 is 47.2 Å². The van der Waals surface area contributed by atoms with Gasteiger partial charge >= 0.3 is 0 Å². The third kappa shape index (κ3) is 7.28. The van der Waals surface area contributed by atoms with Crippen LogP contribution in [0.4, 0.5) is 10.1 Å². The summed E-state index contributed by atoms with van der Waals surface area (Å²) in [6, 6.07) is 12.9. The summed E-state index contributed by atoms with van der Waals surface area (Å²) in [4.78, 5) is 6.56. The predicted molar refractivity (Wildman–Crippen MR) is 132 cm³/mol. The zero-order valence-electron chi connectivity index (χ0n) is 17.1. The average molecular weight is 547 g/mol. The lowest BCUT2D eigenvalue weighted by Crippen LogP contribution is -2.36. The van der Waals surface area contributed by atoms with Crippen molar-refractivity contribution in [1.29, 1.82) is 0 Å². The van der Waals surface area contributed by atoms with E-state index >= 15 is 0 Å². The van der Waals surface area contributed by atoms with E-state index in [4.69, 9.17) is 11.6 Å². The second kappa shape index (κ2) is 12.3. The number of piperidine rings is 1. The molecule has 3 N–H and O–H groups in total. The molecule has 0 unspecified atom stereocenters. The fraction of sp³-hybridized carbons (Fsp3) is 0.409. The monoisotopic (exact) mass is 546 g/mol. The van der Waals surface area contributed by atoms with Crippen molar-refractivity contribution in [1.82, 2.24) is 10.6 Å². The molecule has 0 atom stereocenters. The normalized spacial score (nSPS) is 14.9. The molecule has 2 aromatic rings. The van der Waals surface area contributed by atoms with Crippen molar-refractivity contribution in [3.8, 4) is 0 Å². The number of aliphatic imine (C=N–C) groups is 1. The van der Waals surface area contributed by atoms with Crippen molar-refractivity contribution < 1.29 is 9.50 Å². The summed E-state index contributed by atoms with van der Waals surface area (Å²) in [5, 5.41) is 16.8. The largest absolute Gasteiger partial charge is 0.393 e. The lowest BCUT2D eigenvalue weighted by Gasteiger charge is -2.31. The first-order chi connectivity index (χ1) is 14.0. The molecule has 1 fully saturated rings. The minimum Gasteiger partial charge on any atom is -0.393 e.